The van der Waals surface area contributed by atoms with Crippen molar-refractivity contribution in [1.82, 2.24) is 0 Å². The second-order valence-electron chi connectivity index (χ2n) is 5.49. The maximum atomic E-state index is 5.60. The van der Waals surface area contributed by atoms with Gasteiger partial charge >= 0.3 is 0 Å². The first-order valence-corrected chi connectivity index (χ1v) is 6.96. The van der Waals surface area contributed by atoms with Crippen LogP contribution in [-0.4, -0.2) is 12.7 Å². The molecule has 1 saturated carbocycles. The van der Waals surface area contributed by atoms with Gasteiger partial charge in [0.05, 0.1) is 12.7 Å². The zero-order valence-electron chi connectivity index (χ0n) is 10.4. The second-order valence-corrected chi connectivity index (χ2v) is 5.49. The van der Waals surface area contributed by atoms with Gasteiger partial charge in [-0.25, -0.2) is 0 Å². The molecule has 4 atom stereocenters. The quantitative estimate of drug-likeness (QED) is 0.681. The molecule has 0 aromatic rings. The summed E-state index contributed by atoms with van der Waals surface area (Å²) in [4.78, 5) is 0. The van der Waals surface area contributed by atoms with Crippen LogP contribution in [-0.2, 0) is 4.74 Å². The van der Waals surface area contributed by atoms with Crippen LogP contribution in [0.15, 0.2) is 0 Å². The molecule has 88 valence electrons. The van der Waals surface area contributed by atoms with E-state index in [1.165, 1.54) is 44.9 Å². The average Bonchev–Trinajstić information content (AvgIpc) is 2.25. The first kappa shape index (κ1) is 11.4. The lowest BCUT2D eigenvalue weighted by molar-refractivity contribution is -0.126. The summed E-state index contributed by atoms with van der Waals surface area (Å²) in [5.41, 5.74) is 0. The van der Waals surface area contributed by atoms with Crippen LogP contribution >= 0.6 is 0 Å². The van der Waals surface area contributed by atoms with Gasteiger partial charge < -0.3 is 4.74 Å². The van der Waals surface area contributed by atoms with E-state index >= 15 is 0 Å². The lowest BCUT2D eigenvalue weighted by Gasteiger charge is -2.41. The molecule has 0 amide bonds. The molecule has 1 heteroatoms. The number of hydrogen-bond acceptors (Lipinski definition) is 1. The summed E-state index contributed by atoms with van der Waals surface area (Å²) in [5, 5.41) is 0. The van der Waals surface area contributed by atoms with E-state index in [0.717, 1.165) is 24.4 Å². The predicted octanol–water partition coefficient (Wildman–Crippen LogP) is 4.02. The molecular weight excluding hydrogens is 184 g/mol. The van der Waals surface area contributed by atoms with Crippen molar-refractivity contribution in [2.45, 2.75) is 64.9 Å². The Morgan fingerprint density at radius 1 is 0.933 bits per heavy atom. The summed E-state index contributed by atoms with van der Waals surface area (Å²) < 4.78 is 5.60. The van der Waals surface area contributed by atoms with E-state index in [9.17, 15) is 0 Å². The van der Waals surface area contributed by atoms with Crippen LogP contribution in [0.1, 0.15) is 58.8 Å². The Morgan fingerprint density at radius 3 is 2.20 bits per heavy atom. The molecule has 0 spiro atoms. The maximum Gasteiger partial charge on any atom is 0.0622 e. The Kier molecular flexibility index (Phi) is 4.07. The minimum atomic E-state index is 0.601. The van der Waals surface area contributed by atoms with E-state index in [0.29, 0.717) is 6.10 Å². The Hall–Kier alpha value is -0.0400. The summed E-state index contributed by atoms with van der Waals surface area (Å²) in [6.07, 6.45) is 10.6. The molecule has 0 N–H and O–H groups in total. The van der Waals surface area contributed by atoms with E-state index in [1.807, 2.05) is 0 Å². The van der Waals surface area contributed by atoms with Crippen LogP contribution in [0.2, 0.25) is 0 Å². The van der Waals surface area contributed by atoms with Crippen molar-refractivity contribution in [3.05, 3.63) is 0 Å². The van der Waals surface area contributed by atoms with E-state index in [-0.39, 0.29) is 0 Å². The molecule has 1 nitrogen and oxygen atoms in total. The highest BCUT2D eigenvalue weighted by Crippen LogP contribution is 2.39. The number of ether oxygens (including phenoxy) is 1. The van der Waals surface area contributed by atoms with Crippen molar-refractivity contribution < 1.29 is 4.74 Å². The van der Waals surface area contributed by atoms with Crippen LogP contribution in [0, 0.1) is 17.8 Å². The van der Waals surface area contributed by atoms with Gasteiger partial charge in [0.1, 0.15) is 0 Å². The van der Waals surface area contributed by atoms with Crippen molar-refractivity contribution >= 4 is 0 Å². The van der Waals surface area contributed by atoms with Crippen molar-refractivity contribution in [2.24, 2.45) is 17.8 Å². The van der Waals surface area contributed by atoms with Gasteiger partial charge in [0.25, 0.3) is 0 Å². The lowest BCUT2D eigenvalue weighted by Crippen LogP contribution is -2.41. The molecule has 2 aliphatic rings. The third-order valence-corrected chi connectivity index (χ3v) is 4.65. The topological polar surface area (TPSA) is 9.23 Å². The largest absolute Gasteiger partial charge is 0.377 e. The fraction of sp³-hybridized carbons (Fsp3) is 1.00. The average molecular weight is 210 g/mol. The molecule has 2 fully saturated rings. The minimum absolute atomic E-state index is 0.601. The highest BCUT2D eigenvalue weighted by molar-refractivity contribution is 4.84. The Bertz CT molecular complexity index is 188. The molecular formula is C14H26O. The molecule has 1 aliphatic heterocycles. The maximum absolute atomic E-state index is 5.60. The Balaban J connectivity index is 1.81. The normalized spacial score (nSPS) is 41.2. The van der Waals surface area contributed by atoms with Crippen LogP contribution in [0.5, 0.6) is 0 Å². The molecule has 1 aliphatic carbocycles. The molecule has 2 rings (SSSR count). The number of rotatable bonds is 4. The third kappa shape index (κ3) is 2.55. The van der Waals surface area contributed by atoms with Gasteiger partial charge in [-0.3, -0.25) is 0 Å². The standard InChI is InChI=1S/C14H26O/c1-3-11-7-5-6-8-12(11)9-13-10-15-14(13)4-2/h11-14H,3-10H2,1-2H3. The molecule has 0 radical (unpaired) electrons. The van der Waals surface area contributed by atoms with Gasteiger partial charge in [-0.15, -0.1) is 0 Å². The van der Waals surface area contributed by atoms with Gasteiger partial charge in [-0.1, -0.05) is 46.0 Å². The number of hydrogen-bond donors (Lipinski definition) is 0. The molecule has 15 heavy (non-hydrogen) atoms. The fourth-order valence-electron chi connectivity index (χ4n) is 3.56. The van der Waals surface area contributed by atoms with E-state index < -0.39 is 0 Å². The second kappa shape index (κ2) is 5.34. The SMILES string of the molecule is CCC1CCCCC1CC1COC1CC. The van der Waals surface area contributed by atoms with Crippen molar-refractivity contribution in [3.8, 4) is 0 Å². The van der Waals surface area contributed by atoms with Crippen LogP contribution in [0.4, 0.5) is 0 Å². The molecule has 0 aromatic heterocycles. The van der Waals surface area contributed by atoms with E-state index in [1.54, 1.807) is 0 Å². The molecule has 0 bridgehead atoms. The summed E-state index contributed by atoms with van der Waals surface area (Å²) in [6.45, 7) is 5.68. The predicted molar refractivity (Wildman–Crippen MR) is 63.9 cm³/mol. The zero-order chi connectivity index (χ0) is 10.7. The van der Waals surface area contributed by atoms with Crippen LogP contribution in [0.3, 0.4) is 0 Å². The zero-order valence-corrected chi connectivity index (χ0v) is 10.4. The summed E-state index contributed by atoms with van der Waals surface area (Å²) in [6, 6.07) is 0. The smallest absolute Gasteiger partial charge is 0.0622 e. The summed E-state index contributed by atoms with van der Waals surface area (Å²) in [7, 11) is 0. The van der Waals surface area contributed by atoms with Crippen molar-refractivity contribution in [2.75, 3.05) is 6.61 Å². The Morgan fingerprint density at radius 2 is 1.67 bits per heavy atom. The fourth-order valence-corrected chi connectivity index (χ4v) is 3.56. The summed E-state index contributed by atoms with van der Waals surface area (Å²) in [5.74, 6) is 2.94. The minimum Gasteiger partial charge on any atom is -0.377 e. The van der Waals surface area contributed by atoms with Gasteiger partial charge in [0, 0.05) is 5.92 Å². The van der Waals surface area contributed by atoms with Gasteiger partial charge in [-0.05, 0) is 24.7 Å². The van der Waals surface area contributed by atoms with Crippen molar-refractivity contribution in [1.29, 1.82) is 0 Å². The van der Waals surface area contributed by atoms with E-state index in [4.69, 9.17) is 4.74 Å². The van der Waals surface area contributed by atoms with Gasteiger partial charge in [0.15, 0.2) is 0 Å². The van der Waals surface area contributed by atoms with E-state index in [2.05, 4.69) is 13.8 Å². The van der Waals surface area contributed by atoms with Crippen molar-refractivity contribution in [3.63, 3.8) is 0 Å². The third-order valence-electron chi connectivity index (χ3n) is 4.65. The Labute approximate surface area is 94.6 Å². The van der Waals surface area contributed by atoms with Crippen LogP contribution in [0.25, 0.3) is 0 Å². The molecule has 0 aromatic carbocycles. The highest BCUT2D eigenvalue weighted by Gasteiger charge is 2.35. The summed E-state index contributed by atoms with van der Waals surface area (Å²) >= 11 is 0. The highest BCUT2D eigenvalue weighted by atomic mass is 16.5. The molecule has 4 unspecified atom stereocenters. The van der Waals surface area contributed by atoms with Gasteiger partial charge in [0.2, 0.25) is 0 Å². The first-order valence-electron chi connectivity index (χ1n) is 6.96. The monoisotopic (exact) mass is 210 g/mol. The molecule has 1 heterocycles. The van der Waals surface area contributed by atoms with Crippen LogP contribution < -0.4 is 0 Å². The first-order chi connectivity index (χ1) is 7.35. The lowest BCUT2D eigenvalue weighted by atomic mass is 9.72. The van der Waals surface area contributed by atoms with Gasteiger partial charge in [-0.2, -0.15) is 0 Å². The molecule has 1 saturated heterocycles.